The Hall–Kier alpha value is -0.0400. The summed E-state index contributed by atoms with van der Waals surface area (Å²) >= 11 is 0. The van der Waals surface area contributed by atoms with Crippen LogP contribution in [0.1, 0.15) is 54.9 Å². The summed E-state index contributed by atoms with van der Waals surface area (Å²) in [7, 11) is 0. The van der Waals surface area contributed by atoms with Crippen LogP contribution in [-0.2, 0) is 0 Å². The van der Waals surface area contributed by atoms with E-state index in [1.54, 1.807) is 0 Å². The molecule has 0 fully saturated rings. The molecule has 78 valence electrons. The maximum Gasteiger partial charge on any atom is -0.00191 e. The van der Waals surface area contributed by atoms with Crippen LogP contribution in [0.25, 0.3) is 0 Å². The van der Waals surface area contributed by atoms with Crippen molar-refractivity contribution in [1.29, 1.82) is 0 Å². The van der Waals surface area contributed by atoms with Crippen molar-refractivity contribution in [2.45, 2.75) is 54.9 Å². The molecule has 0 atom stereocenters. The van der Waals surface area contributed by atoms with Crippen LogP contribution >= 0.6 is 0 Å². The third-order valence-corrected chi connectivity index (χ3v) is 1.72. The van der Waals surface area contributed by atoms with Crippen molar-refractivity contribution >= 4 is 0 Å². The van der Waals surface area contributed by atoms with E-state index in [-0.39, 0.29) is 7.43 Å². The fourth-order valence-corrected chi connectivity index (χ4v) is 0.922. The van der Waals surface area contributed by atoms with Gasteiger partial charge in [-0.25, -0.2) is 0 Å². The predicted molar refractivity (Wildman–Crippen MR) is 60.8 cm³/mol. The summed E-state index contributed by atoms with van der Waals surface area (Å²) < 4.78 is 0. The first-order valence-electron chi connectivity index (χ1n) is 5.07. The molecule has 1 nitrogen and oxygen atoms in total. The van der Waals surface area contributed by atoms with Gasteiger partial charge in [0.1, 0.15) is 0 Å². The van der Waals surface area contributed by atoms with Gasteiger partial charge in [0.25, 0.3) is 0 Å². The summed E-state index contributed by atoms with van der Waals surface area (Å²) in [5.74, 6) is 0. The molecule has 0 saturated heterocycles. The highest BCUT2D eigenvalue weighted by molar-refractivity contribution is 4.49. The van der Waals surface area contributed by atoms with Crippen molar-refractivity contribution in [1.82, 2.24) is 4.90 Å². The molecule has 0 aliphatic carbocycles. The minimum absolute atomic E-state index is 0. The second kappa shape index (κ2) is 17.2. The van der Waals surface area contributed by atoms with E-state index < -0.39 is 0 Å². The molecule has 12 heavy (non-hydrogen) atoms. The molecule has 0 aromatic heterocycles. The van der Waals surface area contributed by atoms with Crippen molar-refractivity contribution in [3.8, 4) is 0 Å². The van der Waals surface area contributed by atoms with Gasteiger partial charge in [-0.3, -0.25) is 0 Å². The molecule has 0 heterocycles. The minimum Gasteiger partial charge on any atom is -0.304 e. The summed E-state index contributed by atoms with van der Waals surface area (Å²) in [6.07, 6.45) is 2.66. The molecular formula is C11H29N. The molecule has 0 bridgehead atoms. The fourth-order valence-electron chi connectivity index (χ4n) is 0.922. The highest BCUT2D eigenvalue weighted by Gasteiger charge is 1.94. The Kier molecular flexibility index (Phi) is 25.6. The lowest BCUT2D eigenvalue weighted by Gasteiger charge is -2.16. The Bertz CT molecular complexity index is 49.0. The number of rotatable bonds is 5. The van der Waals surface area contributed by atoms with E-state index in [4.69, 9.17) is 0 Å². The zero-order valence-corrected chi connectivity index (χ0v) is 8.98. The average Bonchev–Trinajstić information content (AvgIpc) is 2.10. The van der Waals surface area contributed by atoms with Gasteiger partial charge in [-0.05, 0) is 26.1 Å². The summed E-state index contributed by atoms with van der Waals surface area (Å²) in [5.41, 5.74) is 0. The van der Waals surface area contributed by atoms with Gasteiger partial charge in [-0.15, -0.1) is 0 Å². The Morgan fingerprint density at radius 1 is 0.917 bits per heavy atom. The first-order chi connectivity index (χ1) is 5.35. The standard InChI is InChI=1S/C8H19N.C2H6.CH4/c1-4-7-8-9(5-2)6-3;1-2;/h4-8H2,1-3H3;1-2H3;1H4. The lowest BCUT2D eigenvalue weighted by atomic mass is 10.3. The van der Waals surface area contributed by atoms with E-state index in [9.17, 15) is 0 Å². The lowest BCUT2D eigenvalue weighted by Crippen LogP contribution is -2.23. The Labute approximate surface area is 80.2 Å². The second-order valence-corrected chi connectivity index (χ2v) is 2.38. The quantitative estimate of drug-likeness (QED) is 0.614. The maximum atomic E-state index is 2.46. The molecule has 0 aliphatic rings. The predicted octanol–water partition coefficient (Wildman–Crippen LogP) is 3.79. The first kappa shape index (κ1) is 17.9. The summed E-state index contributed by atoms with van der Waals surface area (Å²) in [6, 6.07) is 0. The van der Waals surface area contributed by atoms with E-state index in [1.165, 1.54) is 32.5 Å². The number of hydrogen-bond donors (Lipinski definition) is 0. The summed E-state index contributed by atoms with van der Waals surface area (Å²) in [5, 5.41) is 0. The molecule has 0 aromatic carbocycles. The highest BCUT2D eigenvalue weighted by atomic mass is 15.1. The van der Waals surface area contributed by atoms with Crippen molar-refractivity contribution in [2.75, 3.05) is 19.6 Å². The Morgan fingerprint density at radius 3 is 1.58 bits per heavy atom. The number of hydrogen-bond acceptors (Lipinski definition) is 1. The normalized spacial score (nSPS) is 8.50. The largest absolute Gasteiger partial charge is 0.304 e. The Morgan fingerprint density at radius 2 is 1.33 bits per heavy atom. The minimum atomic E-state index is 0. The summed E-state index contributed by atoms with van der Waals surface area (Å²) in [4.78, 5) is 2.46. The molecule has 0 spiro atoms. The molecule has 0 amide bonds. The van der Waals surface area contributed by atoms with Crippen LogP contribution < -0.4 is 0 Å². The van der Waals surface area contributed by atoms with E-state index in [1.807, 2.05) is 13.8 Å². The van der Waals surface area contributed by atoms with Gasteiger partial charge >= 0.3 is 0 Å². The maximum absolute atomic E-state index is 2.46. The van der Waals surface area contributed by atoms with Gasteiger partial charge < -0.3 is 4.90 Å². The van der Waals surface area contributed by atoms with Gasteiger partial charge in [0.2, 0.25) is 0 Å². The van der Waals surface area contributed by atoms with Gasteiger partial charge in [0, 0.05) is 0 Å². The number of nitrogens with zero attached hydrogens (tertiary/aromatic N) is 1. The molecule has 0 rings (SSSR count). The van der Waals surface area contributed by atoms with E-state index >= 15 is 0 Å². The highest BCUT2D eigenvalue weighted by Crippen LogP contribution is 1.92. The SMILES string of the molecule is C.CC.CCCCN(CC)CC. The van der Waals surface area contributed by atoms with Crippen molar-refractivity contribution in [3.63, 3.8) is 0 Å². The van der Waals surface area contributed by atoms with Crippen molar-refractivity contribution in [3.05, 3.63) is 0 Å². The molecule has 0 radical (unpaired) electrons. The van der Waals surface area contributed by atoms with Gasteiger partial charge in [0.05, 0.1) is 0 Å². The topological polar surface area (TPSA) is 3.24 Å². The van der Waals surface area contributed by atoms with Crippen LogP contribution in [-0.4, -0.2) is 24.5 Å². The monoisotopic (exact) mass is 175 g/mol. The van der Waals surface area contributed by atoms with Crippen LogP contribution in [0.5, 0.6) is 0 Å². The third kappa shape index (κ3) is 12.6. The molecule has 0 unspecified atom stereocenters. The van der Waals surface area contributed by atoms with Crippen LogP contribution in [0.3, 0.4) is 0 Å². The lowest BCUT2D eigenvalue weighted by molar-refractivity contribution is 0.299. The van der Waals surface area contributed by atoms with Crippen molar-refractivity contribution in [2.24, 2.45) is 0 Å². The molecular weight excluding hydrogens is 146 g/mol. The van der Waals surface area contributed by atoms with E-state index in [2.05, 4.69) is 25.7 Å². The van der Waals surface area contributed by atoms with Crippen LogP contribution in [0.15, 0.2) is 0 Å². The second-order valence-electron chi connectivity index (χ2n) is 2.38. The van der Waals surface area contributed by atoms with Gasteiger partial charge in [0.15, 0.2) is 0 Å². The Balaban J connectivity index is -0.000000249. The number of unbranched alkanes of at least 4 members (excludes halogenated alkanes) is 1. The van der Waals surface area contributed by atoms with Gasteiger partial charge in [-0.1, -0.05) is 48.5 Å². The van der Waals surface area contributed by atoms with Gasteiger partial charge in [-0.2, -0.15) is 0 Å². The van der Waals surface area contributed by atoms with Crippen LogP contribution in [0.2, 0.25) is 0 Å². The zero-order chi connectivity index (χ0) is 9.11. The third-order valence-electron chi connectivity index (χ3n) is 1.72. The first-order valence-corrected chi connectivity index (χ1v) is 5.07. The van der Waals surface area contributed by atoms with E-state index in [0.717, 1.165) is 0 Å². The summed E-state index contributed by atoms with van der Waals surface area (Å²) in [6.45, 7) is 14.4. The van der Waals surface area contributed by atoms with Crippen molar-refractivity contribution < 1.29 is 0 Å². The van der Waals surface area contributed by atoms with Crippen LogP contribution in [0.4, 0.5) is 0 Å². The molecule has 1 heteroatoms. The average molecular weight is 175 g/mol. The van der Waals surface area contributed by atoms with E-state index in [0.29, 0.717) is 0 Å². The zero-order valence-electron chi connectivity index (χ0n) is 8.98. The fraction of sp³-hybridized carbons (Fsp3) is 1.00. The smallest absolute Gasteiger partial charge is 0.00191 e. The molecule has 0 N–H and O–H groups in total. The van der Waals surface area contributed by atoms with Crippen LogP contribution in [0, 0.1) is 0 Å². The molecule has 0 saturated carbocycles. The molecule has 0 aliphatic heterocycles. The molecule has 0 aromatic rings.